The normalized spacial score (nSPS) is 9.50. The van der Waals surface area contributed by atoms with Crippen molar-refractivity contribution >= 4 is 11.9 Å². The Bertz CT molecular complexity index is 360. The molecule has 1 amide bonds. The third-order valence-electron chi connectivity index (χ3n) is 1.67. The Morgan fingerprint density at radius 2 is 2.14 bits per heavy atom. The molecular weight excluding hydrogens is 182 g/mol. The monoisotopic (exact) mass is 192 g/mol. The molecule has 0 atom stereocenters. The molecule has 0 unspecified atom stereocenters. The molecule has 1 aromatic rings. The highest BCUT2D eigenvalue weighted by Crippen LogP contribution is 2.02. The van der Waals surface area contributed by atoms with Crippen LogP contribution >= 0.6 is 0 Å². The van der Waals surface area contributed by atoms with E-state index in [9.17, 15) is 14.7 Å². The summed E-state index contributed by atoms with van der Waals surface area (Å²) >= 11 is 0. The highest BCUT2D eigenvalue weighted by molar-refractivity contribution is 5.95. The number of amides is 1. The van der Waals surface area contributed by atoms with E-state index in [0.29, 0.717) is 5.56 Å². The van der Waals surface area contributed by atoms with Crippen LogP contribution in [-0.4, -0.2) is 18.4 Å². The van der Waals surface area contributed by atoms with Crippen LogP contribution in [0.2, 0.25) is 0 Å². The highest BCUT2D eigenvalue weighted by atomic mass is 16.4. The number of aliphatic carboxylic acids is 1. The van der Waals surface area contributed by atoms with E-state index in [-0.39, 0.29) is 0 Å². The van der Waals surface area contributed by atoms with Crippen LogP contribution < -0.4 is 10.4 Å². The molecule has 0 bridgehead atoms. The van der Waals surface area contributed by atoms with Gasteiger partial charge in [-0.1, -0.05) is 17.7 Å². The minimum Gasteiger partial charge on any atom is -0.548 e. The molecule has 0 saturated heterocycles. The van der Waals surface area contributed by atoms with E-state index in [1.54, 1.807) is 18.2 Å². The molecular formula is C10H10NO3-. The van der Waals surface area contributed by atoms with Crippen LogP contribution in [0, 0.1) is 6.92 Å². The zero-order chi connectivity index (χ0) is 10.6. The first-order valence-electron chi connectivity index (χ1n) is 4.14. The first-order valence-corrected chi connectivity index (χ1v) is 4.14. The number of nitrogens with one attached hydrogen (secondary N) is 1. The molecule has 0 aliphatic carbocycles. The molecule has 1 rings (SSSR count). The van der Waals surface area contributed by atoms with E-state index in [1.807, 2.05) is 13.0 Å². The van der Waals surface area contributed by atoms with Gasteiger partial charge in [-0.3, -0.25) is 4.79 Å². The molecule has 14 heavy (non-hydrogen) atoms. The summed E-state index contributed by atoms with van der Waals surface area (Å²) < 4.78 is 0. The minimum absolute atomic E-state index is 0.405. The van der Waals surface area contributed by atoms with Gasteiger partial charge in [0.1, 0.15) is 0 Å². The number of carbonyl (C=O) groups excluding carboxylic acids is 2. The predicted molar refractivity (Wildman–Crippen MR) is 48.5 cm³/mol. The standard InChI is InChI=1S/C10H11NO3/c1-7-3-2-4-8(5-7)10(14)11-6-9(12)13/h2-5H,6H2,1H3,(H,11,14)(H,12,13)/p-1. The summed E-state index contributed by atoms with van der Waals surface area (Å²) in [4.78, 5) is 21.4. The van der Waals surface area contributed by atoms with E-state index < -0.39 is 18.4 Å². The molecule has 0 spiro atoms. The zero-order valence-electron chi connectivity index (χ0n) is 7.74. The van der Waals surface area contributed by atoms with E-state index in [4.69, 9.17) is 0 Å². The fraction of sp³-hybridized carbons (Fsp3) is 0.200. The average molecular weight is 192 g/mol. The van der Waals surface area contributed by atoms with E-state index in [1.165, 1.54) is 0 Å². The predicted octanol–water partition coefficient (Wildman–Crippen LogP) is -0.525. The second kappa shape index (κ2) is 4.41. The number of aryl methyl sites for hydroxylation is 1. The second-order valence-corrected chi connectivity index (χ2v) is 2.92. The van der Waals surface area contributed by atoms with Gasteiger partial charge in [-0.25, -0.2) is 0 Å². The smallest absolute Gasteiger partial charge is 0.251 e. The largest absolute Gasteiger partial charge is 0.548 e. The van der Waals surface area contributed by atoms with Gasteiger partial charge >= 0.3 is 0 Å². The molecule has 0 fully saturated rings. The lowest BCUT2D eigenvalue weighted by Gasteiger charge is -2.05. The Labute approximate surface area is 81.6 Å². The van der Waals surface area contributed by atoms with Crippen molar-refractivity contribution in [2.45, 2.75) is 6.92 Å². The molecule has 1 N–H and O–H groups in total. The molecule has 74 valence electrons. The topological polar surface area (TPSA) is 69.2 Å². The lowest BCUT2D eigenvalue weighted by atomic mass is 10.1. The average Bonchev–Trinajstić information content (AvgIpc) is 2.14. The Balaban J connectivity index is 2.65. The van der Waals surface area contributed by atoms with Crippen LogP contribution in [0.15, 0.2) is 24.3 Å². The van der Waals surface area contributed by atoms with Gasteiger partial charge in [-0.15, -0.1) is 0 Å². The Morgan fingerprint density at radius 3 is 2.71 bits per heavy atom. The van der Waals surface area contributed by atoms with Crippen molar-refractivity contribution in [1.82, 2.24) is 5.32 Å². The summed E-state index contributed by atoms with van der Waals surface area (Å²) in [6.07, 6.45) is 0. The van der Waals surface area contributed by atoms with Gasteiger partial charge in [0.2, 0.25) is 0 Å². The highest BCUT2D eigenvalue weighted by Gasteiger charge is 2.03. The lowest BCUT2D eigenvalue weighted by molar-refractivity contribution is -0.303. The van der Waals surface area contributed by atoms with Gasteiger partial charge in [0.25, 0.3) is 5.91 Å². The van der Waals surface area contributed by atoms with Crippen LogP contribution in [0.4, 0.5) is 0 Å². The van der Waals surface area contributed by atoms with Crippen LogP contribution in [0.3, 0.4) is 0 Å². The number of carboxylic acid groups (broad SMARTS) is 1. The van der Waals surface area contributed by atoms with Crippen LogP contribution in [0.5, 0.6) is 0 Å². The molecule has 0 radical (unpaired) electrons. The van der Waals surface area contributed by atoms with Crippen molar-refractivity contribution in [3.63, 3.8) is 0 Å². The van der Waals surface area contributed by atoms with Gasteiger partial charge in [-0.2, -0.15) is 0 Å². The van der Waals surface area contributed by atoms with E-state index >= 15 is 0 Å². The number of hydrogen-bond donors (Lipinski definition) is 1. The number of carbonyl (C=O) groups is 2. The first kappa shape index (κ1) is 10.2. The third-order valence-corrected chi connectivity index (χ3v) is 1.67. The van der Waals surface area contributed by atoms with E-state index in [0.717, 1.165) is 5.56 Å². The van der Waals surface area contributed by atoms with Crippen LogP contribution in [0.25, 0.3) is 0 Å². The second-order valence-electron chi connectivity index (χ2n) is 2.92. The summed E-state index contributed by atoms with van der Waals surface area (Å²) in [6.45, 7) is 1.39. The SMILES string of the molecule is Cc1cccc(C(=O)NCC(=O)[O-])c1. The molecule has 0 aromatic heterocycles. The maximum Gasteiger partial charge on any atom is 0.251 e. The van der Waals surface area contributed by atoms with Crippen molar-refractivity contribution in [2.75, 3.05) is 6.54 Å². The fourth-order valence-electron chi connectivity index (χ4n) is 1.04. The van der Waals surface area contributed by atoms with E-state index in [2.05, 4.69) is 5.32 Å². The maximum absolute atomic E-state index is 11.3. The number of hydrogen-bond acceptors (Lipinski definition) is 3. The Hall–Kier alpha value is -1.84. The molecule has 0 aliphatic rings. The molecule has 4 heteroatoms. The first-order chi connectivity index (χ1) is 6.59. The van der Waals surface area contributed by atoms with Gasteiger partial charge in [0.15, 0.2) is 0 Å². The van der Waals surface area contributed by atoms with Crippen LogP contribution in [-0.2, 0) is 4.79 Å². The fourth-order valence-corrected chi connectivity index (χ4v) is 1.04. The Kier molecular flexibility index (Phi) is 3.23. The molecule has 0 saturated carbocycles. The molecule has 4 nitrogen and oxygen atoms in total. The minimum atomic E-state index is -1.30. The Morgan fingerprint density at radius 1 is 1.43 bits per heavy atom. The summed E-state index contributed by atoms with van der Waals surface area (Å²) in [5, 5.41) is 12.3. The summed E-state index contributed by atoms with van der Waals surface area (Å²) in [7, 11) is 0. The van der Waals surface area contributed by atoms with Gasteiger partial charge < -0.3 is 15.2 Å². The summed E-state index contributed by atoms with van der Waals surface area (Å²) in [5.74, 6) is -1.70. The number of benzene rings is 1. The number of carboxylic acids is 1. The van der Waals surface area contributed by atoms with Crippen molar-refractivity contribution < 1.29 is 14.7 Å². The maximum atomic E-state index is 11.3. The summed E-state index contributed by atoms with van der Waals surface area (Å²) in [6, 6.07) is 6.90. The third kappa shape index (κ3) is 2.90. The van der Waals surface area contributed by atoms with Crippen molar-refractivity contribution in [3.05, 3.63) is 35.4 Å². The quantitative estimate of drug-likeness (QED) is 0.700. The van der Waals surface area contributed by atoms with Gasteiger partial charge in [0, 0.05) is 5.56 Å². The van der Waals surface area contributed by atoms with Crippen LogP contribution in [0.1, 0.15) is 15.9 Å². The summed E-state index contributed by atoms with van der Waals surface area (Å²) in [5.41, 5.74) is 1.40. The van der Waals surface area contributed by atoms with Gasteiger partial charge in [0.05, 0.1) is 12.5 Å². The zero-order valence-corrected chi connectivity index (χ0v) is 7.74. The number of rotatable bonds is 3. The molecule has 0 aliphatic heterocycles. The van der Waals surface area contributed by atoms with Gasteiger partial charge in [-0.05, 0) is 19.1 Å². The van der Waals surface area contributed by atoms with Crippen molar-refractivity contribution in [2.24, 2.45) is 0 Å². The molecule has 1 aromatic carbocycles. The van der Waals surface area contributed by atoms with Crippen molar-refractivity contribution in [1.29, 1.82) is 0 Å². The lowest BCUT2D eigenvalue weighted by Crippen LogP contribution is -2.37. The molecule has 0 heterocycles. The van der Waals surface area contributed by atoms with Crippen molar-refractivity contribution in [3.8, 4) is 0 Å².